The quantitative estimate of drug-likeness (QED) is 0.237. The van der Waals surface area contributed by atoms with Crippen molar-refractivity contribution in [3.63, 3.8) is 0 Å². The Hall–Kier alpha value is -2.70. The number of rotatable bonds is 13. The van der Waals surface area contributed by atoms with Crippen molar-refractivity contribution < 1.29 is 14.8 Å². The van der Waals surface area contributed by atoms with Crippen molar-refractivity contribution in [1.82, 2.24) is 16.1 Å². The van der Waals surface area contributed by atoms with Gasteiger partial charge in [-0.25, -0.2) is 5.48 Å². The number of carbonyl (C=O) groups excluding carboxylic acids is 2. The molecule has 6 heteroatoms. The molecule has 0 aliphatic rings. The summed E-state index contributed by atoms with van der Waals surface area (Å²) >= 11 is 0. The minimum Gasteiger partial charge on any atom is -0.356 e. The summed E-state index contributed by atoms with van der Waals surface area (Å²) in [6.45, 7) is 2.38. The van der Waals surface area contributed by atoms with E-state index in [1.165, 1.54) is 16.7 Å². The fraction of sp³-hybridized carbons (Fsp3) is 0.391. The van der Waals surface area contributed by atoms with Crippen LogP contribution in [0.15, 0.2) is 54.6 Å². The summed E-state index contributed by atoms with van der Waals surface area (Å²) in [6, 6.07) is 18.8. The summed E-state index contributed by atoms with van der Waals surface area (Å²) in [7, 11) is 0. The number of benzene rings is 2. The lowest BCUT2D eigenvalue weighted by Gasteiger charge is -2.11. The van der Waals surface area contributed by atoms with Gasteiger partial charge in [-0.3, -0.25) is 14.8 Å². The summed E-state index contributed by atoms with van der Waals surface area (Å²) in [5.41, 5.74) is 5.35. The highest BCUT2D eigenvalue weighted by molar-refractivity contribution is 5.76. The van der Waals surface area contributed by atoms with E-state index in [1.807, 2.05) is 6.07 Å². The highest BCUT2D eigenvalue weighted by Crippen LogP contribution is 2.23. The van der Waals surface area contributed by atoms with Gasteiger partial charge in [-0.15, -0.1) is 0 Å². The fourth-order valence-electron chi connectivity index (χ4n) is 3.12. The molecule has 0 spiro atoms. The van der Waals surface area contributed by atoms with Crippen LogP contribution in [0, 0.1) is 0 Å². The molecule has 2 aromatic rings. The summed E-state index contributed by atoms with van der Waals surface area (Å²) in [4.78, 5) is 22.6. The number of amides is 2. The van der Waals surface area contributed by atoms with Gasteiger partial charge in [0, 0.05) is 25.9 Å². The monoisotopic (exact) mass is 397 g/mol. The molecular weight excluding hydrogens is 366 g/mol. The molecular formula is C23H31N3O3. The average molecular weight is 398 g/mol. The molecule has 0 radical (unpaired) electrons. The predicted octanol–water partition coefficient (Wildman–Crippen LogP) is 3.41. The third kappa shape index (κ3) is 8.89. The number of hydrogen-bond donors (Lipinski definition) is 4. The zero-order valence-corrected chi connectivity index (χ0v) is 16.8. The molecule has 0 aromatic heterocycles. The normalized spacial score (nSPS) is 10.5. The molecule has 0 aliphatic heterocycles. The van der Waals surface area contributed by atoms with E-state index >= 15 is 0 Å². The van der Waals surface area contributed by atoms with Crippen LogP contribution in [0.5, 0.6) is 0 Å². The topological polar surface area (TPSA) is 90.5 Å². The van der Waals surface area contributed by atoms with Crippen molar-refractivity contribution in [2.75, 3.05) is 13.1 Å². The van der Waals surface area contributed by atoms with Crippen molar-refractivity contribution in [2.45, 2.75) is 45.1 Å². The molecule has 0 atom stereocenters. The van der Waals surface area contributed by atoms with E-state index in [1.54, 1.807) is 5.48 Å². The van der Waals surface area contributed by atoms with Crippen LogP contribution in [0.3, 0.4) is 0 Å². The largest absolute Gasteiger partial charge is 0.356 e. The molecule has 2 aromatic carbocycles. The molecule has 156 valence electrons. The second-order valence-corrected chi connectivity index (χ2v) is 7.00. The first-order chi connectivity index (χ1) is 14.2. The van der Waals surface area contributed by atoms with Gasteiger partial charge >= 0.3 is 0 Å². The molecule has 0 heterocycles. The smallest absolute Gasteiger partial charge is 0.243 e. The van der Waals surface area contributed by atoms with E-state index in [0.717, 1.165) is 25.9 Å². The maximum Gasteiger partial charge on any atom is 0.243 e. The van der Waals surface area contributed by atoms with Crippen LogP contribution in [-0.4, -0.2) is 30.1 Å². The molecule has 0 bridgehead atoms. The minimum atomic E-state index is -0.413. The third-order valence-electron chi connectivity index (χ3n) is 4.70. The Kier molecular flexibility index (Phi) is 10.5. The lowest BCUT2D eigenvalue weighted by atomic mass is 10.00. The summed E-state index contributed by atoms with van der Waals surface area (Å²) in [5, 5.41) is 14.8. The van der Waals surface area contributed by atoms with Gasteiger partial charge in [0.05, 0.1) is 0 Å². The van der Waals surface area contributed by atoms with Crippen LogP contribution < -0.4 is 16.1 Å². The molecule has 4 N–H and O–H groups in total. The molecule has 2 amide bonds. The van der Waals surface area contributed by atoms with Gasteiger partial charge in [0.2, 0.25) is 11.8 Å². The number of unbranched alkanes of at least 4 members (excludes halogenated alkanes) is 2. The van der Waals surface area contributed by atoms with Crippen LogP contribution in [0.25, 0.3) is 11.1 Å². The summed E-state index contributed by atoms with van der Waals surface area (Å²) < 4.78 is 0. The van der Waals surface area contributed by atoms with Gasteiger partial charge in [-0.1, -0.05) is 54.6 Å². The average Bonchev–Trinajstić information content (AvgIpc) is 2.76. The SMILES string of the molecule is O=C(CCCCC(=O)NCCCCNCc1ccccc1-c1ccccc1)NO. The third-order valence-corrected chi connectivity index (χ3v) is 4.70. The van der Waals surface area contributed by atoms with Crippen LogP contribution in [0.1, 0.15) is 44.1 Å². The maximum atomic E-state index is 11.7. The van der Waals surface area contributed by atoms with Crippen molar-refractivity contribution in [3.8, 4) is 11.1 Å². The van der Waals surface area contributed by atoms with E-state index in [-0.39, 0.29) is 12.3 Å². The van der Waals surface area contributed by atoms with E-state index < -0.39 is 5.91 Å². The van der Waals surface area contributed by atoms with E-state index in [9.17, 15) is 9.59 Å². The van der Waals surface area contributed by atoms with E-state index in [2.05, 4.69) is 59.2 Å². The summed E-state index contributed by atoms with van der Waals surface area (Å²) in [6.07, 6.45) is 3.79. The van der Waals surface area contributed by atoms with E-state index in [4.69, 9.17) is 5.21 Å². The maximum absolute atomic E-state index is 11.7. The van der Waals surface area contributed by atoms with E-state index in [0.29, 0.717) is 25.8 Å². The first-order valence-corrected chi connectivity index (χ1v) is 10.2. The Morgan fingerprint density at radius 3 is 2.17 bits per heavy atom. The first kappa shape index (κ1) is 22.6. The van der Waals surface area contributed by atoms with Gasteiger partial charge in [0.1, 0.15) is 0 Å². The molecule has 0 fully saturated rings. The molecule has 0 saturated heterocycles. The zero-order valence-electron chi connectivity index (χ0n) is 16.8. The zero-order chi connectivity index (χ0) is 20.7. The van der Waals surface area contributed by atoms with Crippen LogP contribution >= 0.6 is 0 Å². The lowest BCUT2D eigenvalue weighted by molar-refractivity contribution is -0.129. The van der Waals surface area contributed by atoms with Crippen molar-refractivity contribution >= 4 is 11.8 Å². The van der Waals surface area contributed by atoms with Crippen LogP contribution in [0.2, 0.25) is 0 Å². The molecule has 0 saturated carbocycles. The highest BCUT2D eigenvalue weighted by Gasteiger charge is 2.04. The van der Waals surface area contributed by atoms with Gasteiger partial charge in [0.15, 0.2) is 0 Å². The second kappa shape index (κ2) is 13.5. The number of carbonyl (C=O) groups is 2. The molecule has 2 rings (SSSR count). The van der Waals surface area contributed by atoms with Crippen molar-refractivity contribution in [2.24, 2.45) is 0 Å². The van der Waals surface area contributed by atoms with Gasteiger partial charge in [-0.2, -0.15) is 0 Å². The molecule has 0 unspecified atom stereocenters. The van der Waals surface area contributed by atoms with Crippen LogP contribution in [-0.2, 0) is 16.1 Å². The van der Waals surface area contributed by atoms with Crippen LogP contribution in [0.4, 0.5) is 0 Å². The Morgan fingerprint density at radius 1 is 0.759 bits per heavy atom. The lowest BCUT2D eigenvalue weighted by Crippen LogP contribution is -2.25. The highest BCUT2D eigenvalue weighted by atomic mass is 16.5. The predicted molar refractivity (Wildman–Crippen MR) is 114 cm³/mol. The Labute approximate surface area is 172 Å². The van der Waals surface area contributed by atoms with Crippen molar-refractivity contribution in [3.05, 3.63) is 60.2 Å². The molecule has 6 nitrogen and oxygen atoms in total. The minimum absolute atomic E-state index is 0.0131. The van der Waals surface area contributed by atoms with Crippen molar-refractivity contribution in [1.29, 1.82) is 0 Å². The Morgan fingerprint density at radius 2 is 1.41 bits per heavy atom. The van der Waals surface area contributed by atoms with Gasteiger partial charge < -0.3 is 10.6 Å². The number of hydrogen-bond acceptors (Lipinski definition) is 4. The second-order valence-electron chi connectivity index (χ2n) is 7.00. The first-order valence-electron chi connectivity index (χ1n) is 10.2. The number of hydroxylamine groups is 1. The fourth-order valence-corrected chi connectivity index (χ4v) is 3.12. The Bertz CT molecular complexity index is 750. The number of nitrogens with one attached hydrogen (secondary N) is 3. The van der Waals surface area contributed by atoms with Gasteiger partial charge in [0.25, 0.3) is 0 Å². The molecule has 29 heavy (non-hydrogen) atoms. The Balaban J connectivity index is 1.56. The standard InChI is InChI=1S/C23H31N3O3/c27-22(14-6-7-15-23(28)26-29)25-17-9-8-16-24-18-20-12-4-5-13-21(20)19-10-2-1-3-11-19/h1-5,10-13,24,29H,6-9,14-18H2,(H,25,27)(H,26,28). The summed E-state index contributed by atoms with van der Waals surface area (Å²) in [5.74, 6) is -0.400. The molecule has 0 aliphatic carbocycles. The van der Waals surface area contributed by atoms with Gasteiger partial charge in [-0.05, 0) is 48.9 Å².